The van der Waals surface area contributed by atoms with Crippen molar-refractivity contribution in [1.82, 2.24) is 10.2 Å². The first-order valence-electron chi connectivity index (χ1n) is 12.2. The summed E-state index contributed by atoms with van der Waals surface area (Å²) in [6.07, 6.45) is 2.08. The van der Waals surface area contributed by atoms with Crippen LogP contribution in [0.15, 0.2) is 78.9 Å². The lowest BCUT2D eigenvalue weighted by molar-refractivity contribution is -0.140. The lowest BCUT2D eigenvalue weighted by atomic mass is 10.0. The molecule has 10 heteroatoms. The van der Waals surface area contributed by atoms with Crippen LogP contribution in [0.25, 0.3) is 0 Å². The summed E-state index contributed by atoms with van der Waals surface area (Å²) in [7, 11) is -3.79. The average molecular weight is 668 g/mol. The Morgan fingerprint density at radius 3 is 2.16 bits per heavy atom. The van der Waals surface area contributed by atoms with Crippen LogP contribution in [0, 0.1) is 3.57 Å². The molecule has 0 aliphatic heterocycles. The predicted octanol–water partition coefficient (Wildman–Crippen LogP) is 4.88. The highest BCUT2D eigenvalue weighted by atomic mass is 127. The predicted molar refractivity (Wildman–Crippen MR) is 161 cm³/mol. The first-order chi connectivity index (χ1) is 18.1. The molecular weight excluding hydrogens is 637 g/mol. The highest BCUT2D eigenvalue weighted by Gasteiger charge is 2.32. The third-order valence-electron chi connectivity index (χ3n) is 5.88. The largest absolute Gasteiger partial charge is 0.354 e. The van der Waals surface area contributed by atoms with E-state index >= 15 is 0 Å². The molecule has 0 saturated heterocycles. The van der Waals surface area contributed by atoms with Crippen molar-refractivity contribution in [3.8, 4) is 0 Å². The molecular formula is C28H31ClIN3O4S. The highest BCUT2D eigenvalue weighted by molar-refractivity contribution is 14.1. The maximum absolute atomic E-state index is 13.9. The van der Waals surface area contributed by atoms with E-state index in [0.29, 0.717) is 17.3 Å². The van der Waals surface area contributed by atoms with E-state index in [2.05, 4.69) is 27.9 Å². The molecule has 0 fully saturated rings. The highest BCUT2D eigenvalue weighted by Crippen LogP contribution is 2.22. The van der Waals surface area contributed by atoms with Crippen molar-refractivity contribution >= 4 is 61.7 Å². The van der Waals surface area contributed by atoms with Crippen LogP contribution in [0.4, 0.5) is 5.69 Å². The van der Waals surface area contributed by atoms with Gasteiger partial charge in [0.2, 0.25) is 21.8 Å². The molecule has 0 aliphatic carbocycles. The topological polar surface area (TPSA) is 86.8 Å². The van der Waals surface area contributed by atoms with Crippen LogP contribution in [-0.4, -0.2) is 50.5 Å². The number of benzene rings is 3. The summed E-state index contributed by atoms with van der Waals surface area (Å²) in [5.41, 5.74) is 2.03. The minimum absolute atomic E-state index is 0.108. The number of sulfonamides is 1. The lowest BCUT2D eigenvalue weighted by Gasteiger charge is -2.33. The zero-order valence-electron chi connectivity index (χ0n) is 21.3. The molecule has 2 amide bonds. The van der Waals surface area contributed by atoms with Crippen LogP contribution < -0.4 is 9.62 Å². The van der Waals surface area contributed by atoms with Gasteiger partial charge in [0.15, 0.2) is 0 Å². The van der Waals surface area contributed by atoms with Gasteiger partial charge in [0.05, 0.1) is 11.9 Å². The summed E-state index contributed by atoms with van der Waals surface area (Å²) in [6, 6.07) is 22.5. The fraction of sp³-hybridized carbons (Fsp3) is 0.286. The Morgan fingerprint density at radius 1 is 0.947 bits per heavy atom. The molecule has 0 spiro atoms. The molecule has 0 heterocycles. The number of amides is 2. The zero-order valence-corrected chi connectivity index (χ0v) is 25.0. The van der Waals surface area contributed by atoms with E-state index < -0.39 is 28.5 Å². The molecule has 38 heavy (non-hydrogen) atoms. The van der Waals surface area contributed by atoms with Crippen molar-refractivity contribution in [3.63, 3.8) is 0 Å². The smallest absolute Gasteiger partial charge is 0.244 e. The van der Waals surface area contributed by atoms with Gasteiger partial charge in [0.25, 0.3) is 0 Å². The standard InChI is InChI=1S/C28H31ClIN3O4S/c1-3-17-31-28(35)26(18-21-7-5-4-6-8-21)32(19-22-9-11-23(29)12-10-22)27(34)20-33(38(2,36)37)25-15-13-24(30)14-16-25/h4-16,26H,3,17-20H2,1-2H3,(H,31,35). The van der Waals surface area contributed by atoms with E-state index in [1.807, 2.05) is 37.3 Å². The van der Waals surface area contributed by atoms with Gasteiger partial charge in [-0.2, -0.15) is 0 Å². The summed E-state index contributed by atoms with van der Waals surface area (Å²) in [5.74, 6) is -0.783. The van der Waals surface area contributed by atoms with Crippen molar-refractivity contribution in [1.29, 1.82) is 0 Å². The van der Waals surface area contributed by atoms with Gasteiger partial charge >= 0.3 is 0 Å². The molecule has 3 aromatic carbocycles. The van der Waals surface area contributed by atoms with Crippen LogP contribution >= 0.6 is 34.2 Å². The minimum atomic E-state index is -3.79. The third-order valence-corrected chi connectivity index (χ3v) is 7.99. The summed E-state index contributed by atoms with van der Waals surface area (Å²) in [6.45, 7) is 2.08. The number of carbonyl (C=O) groups excluding carboxylic acids is 2. The van der Waals surface area contributed by atoms with Crippen molar-refractivity contribution in [2.24, 2.45) is 0 Å². The molecule has 3 aromatic rings. The lowest BCUT2D eigenvalue weighted by Crippen LogP contribution is -2.53. The zero-order chi connectivity index (χ0) is 27.7. The SMILES string of the molecule is CCCNC(=O)C(Cc1ccccc1)N(Cc1ccc(Cl)cc1)C(=O)CN(c1ccc(I)cc1)S(C)(=O)=O. The van der Waals surface area contributed by atoms with Crippen LogP contribution in [0.3, 0.4) is 0 Å². The maximum Gasteiger partial charge on any atom is 0.244 e. The Labute approximate surface area is 243 Å². The second-order valence-corrected chi connectivity index (χ2v) is 12.5. The number of hydrogen-bond donors (Lipinski definition) is 1. The fourth-order valence-corrected chi connectivity index (χ4v) is 5.26. The average Bonchev–Trinajstić information content (AvgIpc) is 2.89. The quantitative estimate of drug-likeness (QED) is 0.279. The molecule has 0 radical (unpaired) electrons. The number of anilines is 1. The number of halogens is 2. The molecule has 3 rings (SSSR count). The molecule has 0 saturated carbocycles. The van der Waals surface area contributed by atoms with Crippen molar-refractivity contribution in [3.05, 3.63) is 98.6 Å². The number of carbonyl (C=O) groups is 2. The molecule has 7 nitrogen and oxygen atoms in total. The summed E-state index contributed by atoms with van der Waals surface area (Å²) < 4.78 is 27.5. The van der Waals surface area contributed by atoms with E-state index in [1.54, 1.807) is 48.5 Å². The van der Waals surface area contributed by atoms with Crippen LogP contribution in [0.1, 0.15) is 24.5 Å². The van der Waals surface area contributed by atoms with Crippen molar-refractivity contribution < 1.29 is 18.0 Å². The molecule has 1 N–H and O–H groups in total. The summed E-state index contributed by atoms with van der Waals surface area (Å²) in [4.78, 5) is 28.8. The summed E-state index contributed by atoms with van der Waals surface area (Å²) >= 11 is 8.20. The molecule has 0 aromatic heterocycles. The number of nitrogens with zero attached hydrogens (tertiary/aromatic N) is 2. The van der Waals surface area contributed by atoms with Gasteiger partial charge < -0.3 is 10.2 Å². The van der Waals surface area contributed by atoms with E-state index in [4.69, 9.17) is 11.6 Å². The summed E-state index contributed by atoms with van der Waals surface area (Å²) in [5, 5.41) is 3.47. The Kier molecular flexibility index (Phi) is 11.0. The van der Waals surface area contributed by atoms with Gasteiger partial charge in [-0.3, -0.25) is 13.9 Å². The van der Waals surface area contributed by atoms with Crippen molar-refractivity contribution in [2.45, 2.75) is 32.4 Å². The molecule has 1 unspecified atom stereocenters. The van der Waals surface area contributed by atoms with Gasteiger partial charge in [-0.05, 0) is 76.5 Å². The Balaban J connectivity index is 2.02. The first kappa shape index (κ1) is 29.9. The normalized spacial score (nSPS) is 12.0. The van der Waals surface area contributed by atoms with E-state index in [0.717, 1.165) is 31.7 Å². The number of nitrogens with one attached hydrogen (secondary N) is 1. The van der Waals surface area contributed by atoms with E-state index in [-0.39, 0.29) is 18.9 Å². The molecule has 1 atom stereocenters. The van der Waals surface area contributed by atoms with Gasteiger partial charge in [-0.1, -0.05) is 61.0 Å². The third kappa shape index (κ3) is 8.71. The Bertz CT molecular complexity index is 1320. The maximum atomic E-state index is 13.9. The fourth-order valence-electron chi connectivity index (χ4n) is 3.93. The first-order valence-corrected chi connectivity index (χ1v) is 15.5. The number of hydrogen-bond acceptors (Lipinski definition) is 4. The van der Waals surface area contributed by atoms with Gasteiger partial charge in [0, 0.05) is 28.1 Å². The van der Waals surface area contributed by atoms with Crippen molar-refractivity contribution in [2.75, 3.05) is 23.7 Å². The number of rotatable bonds is 12. The second kappa shape index (κ2) is 14.0. The van der Waals surface area contributed by atoms with Crippen LogP contribution in [0.5, 0.6) is 0 Å². The molecule has 0 aliphatic rings. The van der Waals surface area contributed by atoms with Gasteiger partial charge in [0.1, 0.15) is 12.6 Å². The Hall–Kier alpha value is -2.63. The van der Waals surface area contributed by atoms with Gasteiger partial charge in [-0.15, -0.1) is 0 Å². The van der Waals surface area contributed by atoms with E-state index in [1.165, 1.54) is 4.90 Å². The molecule has 0 bridgehead atoms. The molecule has 202 valence electrons. The van der Waals surface area contributed by atoms with Gasteiger partial charge in [-0.25, -0.2) is 8.42 Å². The monoisotopic (exact) mass is 667 g/mol. The van der Waals surface area contributed by atoms with Crippen LogP contribution in [-0.2, 0) is 32.6 Å². The van der Waals surface area contributed by atoms with E-state index in [9.17, 15) is 18.0 Å². The van der Waals surface area contributed by atoms with Crippen LogP contribution in [0.2, 0.25) is 5.02 Å². The second-order valence-electron chi connectivity index (χ2n) is 8.89. The Morgan fingerprint density at radius 2 is 1.58 bits per heavy atom. The minimum Gasteiger partial charge on any atom is -0.354 e.